The summed E-state index contributed by atoms with van der Waals surface area (Å²) in [4.78, 5) is 0. The third kappa shape index (κ3) is 2.43. The lowest BCUT2D eigenvalue weighted by Gasteiger charge is -2.08. The van der Waals surface area contributed by atoms with Crippen molar-refractivity contribution in [2.24, 2.45) is 0 Å². The summed E-state index contributed by atoms with van der Waals surface area (Å²) in [6.07, 6.45) is 0.0324. The summed E-state index contributed by atoms with van der Waals surface area (Å²) >= 11 is 0. The van der Waals surface area contributed by atoms with Gasteiger partial charge in [0, 0.05) is 0 Å². The summed E-state index contributed by atoms with van der Waals surface area (Å²) < 4.78 is 7.68. The lowest BCUT2D eigenvalue weighted by Crippen LogP contribution is -2.08. The Morgan fingerprint density at radius 1 is 1.00 bits per heavy atom. The number of hydrogen-bond donors (Lipinski definition) is 0. The van der Waals surface area contributed by atoms with Crippen LogP contribution in [0.4, 0.5) is 0 Å². The molecular formula is C17H20N4O. The van der Waals surface area contributed by atoms with E-state index in [2.05, 4.69) is 41.4 Å². The molecule has 0 saturated heterocycles. The Balaban J connectivity index is 2.23. The summed E-state index contributed by atoms with van der Waals surface area (Å²) in [5, 5.41) is 14.1. The van der Waals surface area contributed by atoms with Crippen LogP contribution in [0, 0.1) is 20.8 Å². The fourth-order valence-electron chi connectivity index (χ4n) is 2.54. The van der Waals surface area contributed by atoms with Gasteiger partial charge in [-0.15, -0.1) is 5.10 Å². The quantitative estimate of drug-likeness (QED) is 0.742. The summed E-state index contributed by atoms with van der Waals surface area (Å²) in [5.41, 5.74) is 4.91. The van der Waals surface area contributed by atoms with Crippen LogP contribution >= 0.6 is 0 Å². The fraction of sp³-hybridized carbons (Fsp3) is 0.353. The van der Waals surface area contributed by atoms with Gasteiger partial charge in [-0.3, -0.25) is 0 Å². The zero-order valence-electron chi connectivity index (χ0n) is 13.6. The lowest BCUT2D eigenvalue weighted by atomic mass is 10.2. The Morgan fingerprint density at radius 2 is 1.68 bits per heavy atom. The molecule has 0 N–H and O–H groups in total. The van der Waals surface area contributed by atoms with E-state index >= 15 is 0 Å². The van der Waals surface area contributed by atoms with Gasteiger partial charge in [-0.25, -0.2) is 4.68 Å². The van der Waals surface area contributed by atoms with E-state index in [9.17, 15) is 0 Å². The van der Waals surface area contributed by atoms with Crippen LogP contribution in [-0.2, 0) is 0 Å². The second-order valence-corrected chi connectivity index (χ2v) is 5.81. The van der Waals surface area contributed by atoms with E-state index in [1.165, 1.54) is 5.56 Å². The Morgan fingerprint density at radius 3 is 2.32 bits per heavy atom. The summed E-state index contributed by atoms with van der Waals surface area (Å²) in [7, 11) is 0. The molecule has 114 valence electrons. The molecule has 22 heavy (non-hydrogen) atoms. The number of fused-ring (bicyclic) bond motifs is 1. The molecule has 0 saturated carbocycles. The van der Waals surface area contributed by atoms with Crippen LogP contribution in [0.5, 0.6) is 5.88 Å². The van der Waals surface area contributed by atoms with E-state index in [1.807, 2.05) is 32.4 Å². The van der Waals surface area contributed by atoms with Crippen LogP contribution in [0.1, 0.15) is 30.8 Å². The van der Waals surface area contributed by atoms with Crippen molar-refractivity contribution in [3.05, 3.63) is 41.2 Å². The maximum atomic E-state index is 5.76. The van der Waals surface area contributed by atoms with E-state index in [0.29, 0.717) is 5.88 Å². The van der Waals surface area contributed by atoms with Gasteiger partial charge in [-0.05, 0) is 46.8 Å². The van der Waals surface area contributed by atoms with Crippen LogP contribution in [0.2, 0.25) is 0 Å². The van der Waals surface area contributed by atoms with Crippen LogP contribution in [-0.4, -0.2) is 26.1 Å². The van der Waals surface area contributed by atoms with E-state index in [-0.39, 0.29) is 6.10 Å². The molecule has 1 aromatic carbocycles. The Kier molecular flexibility index (Phi) is 3.56. The first-order chi connectivity index (χ1) is 10.5. The smallest absolute Gasteiger partial charge is 0.262 e. The van der Waals surface area contributed by atoms with Gasteiger partial charge in [0.05, 0.1) is 28.6 Å². The van der Waals surface area contributed by atoms with E-state index in [0.717, 1.165) is 28.0 Å². The average molecular weight is 296 g/mol. The van der Waals surface area contributed by atoms with Crippen LogP contribution in [0.3, 0.4) is 0 Å². The molecule has 2 heterocycles. The minimum Gasteiger partial charge on any atom is -0.472 e. The molecule has 0 fully saturated rings. The predicted molar refractivity (Wildman–Crippen MR) is 86.6 cm³/mol. The van der Waals surface area contributed by atoms with Gasteiger partial charge in [-0.2, -0.15) is 10.2 Å². The van der Waals surface area contributed by atoms with Gasteiger partial charge in [0.15, 0.2) is 5.52 Å². The molecule has 0 unspecified atom stereocenters. The molecule has 3 aromatic rings. The largest absolute Gasteiger partial charge is 0.472 e. The van der Waals surface area contributed by atoms with Gasteiger partial charge < -0.3 is 4.74 Å². The third-order valence-corrected chi connectivity index (χ3v) is 3.60. The van der Waals surface area contributed by atoms with Crippen molar-refractivity contribution in [1.82, 2.24) is 20.0 Å². The number of aryl methyl sites for hydroxylation is 3. The molecule has 0 atom stereocenters. The lowest BCUT2D eigenvalue weighted by molar-refractivity contribution is 0.233. The predicted octanol–water partition coefficient (Wildman–Crippen LogP) is 3.53. The monoisotopic (exact) mass is 296 g/mol. The summed E-state index contributed by atoms with van der Waals surface area (Å²) in [6.45, 7) is 10.0. The Bertz CT molecular complexity index is 819. The first-order valence-corrected chi connectivity index (χ1v) is 7.43. The second-order valence-electron chi connectivity index (χ2n) is 5.81. The molecule has 0 aliphatic rings. The van der Waals surface area contributed by atoms with Crippen LogP contribution in [0.15, 0.2) is 24.3 Å². The van der Waals surface area contributed by atoms with Crippen molar-refractivity contribution in [3.63, 3.8) is 0 Å². The van der Waals surface area contributed by atoms with Gasteiger partial charge in [0.2, 0.25) is 0 Å². The standard InChI is InChI=1S/C17H20N4O/c1-10(2)22-17-16-15(12(4)18-19-17)13(5)21(20-16)14-8-6-11(3)7-9-14/h6-10H,1-5H3. The molecule has 3 rings (SSSR count). The molecular weight excluding hydrogens is 276 g/mol. The second kappa shape index (κ2) is 5.40. The molecule has 0 radical (unpaired) electrons. The highest BCUT2D eigenvalue weighted by molar-refractivity contribution is 5.87. The fourth-order valence-corrected chi connectivity index (χ4v) is 2.54. The zero-order chi connectivity index (χ0) is 15.9. The number of rotatable bonds is 3. The van der Waals surface area contributed by atoms with Crippen molar-refractivity contribution in [3.8, 4) is 11.6 Å². The van der Waals surface area contributed by atoms with Crippen molar-refractivity contribution < 1.29 is 4.74 Å². The average Bonchev–Trinajstić information content (AvgIpc) is 2.81. The topological polar surface area (TPSA) is 52.8 Å². The maximum absolute atomic E-state index is 5.76. The third-order valence-electron chi connectivity index (χ3n) is 3.60. The highest BCUT2D eigenvalue weighted by atomic mass is 16.5. The first-order valence-electron chi connectivity index (χ1n) is 7.43. The molecule has 0 amide bonds. The minimum absolute atomic E-state index is 0.0324. The number of aromatic nitrogens is 4. The van der Waals surface area contributed by atoms with Gasteiger partial charge in [-0.1, -0.05) is 17.7 Å². The summed E-state index contributed by atoms with van der Waals surface area (Å²) in [6, 6.07) is 8.28. The molecule has 0 spiro atoms. The van der Waals surface area contributed by atoms with Crippen molar-refractivity contribution in [2.75, 3.05) is 0 Å². The van der Waals surface area contributed by atoms with E-state index < -0.39 is 0 Å². The first kappa shape index (κ1) is 14.5. The van der Waals surface area contributed by atoms with Crippen LogP contribution in [0.25, 0.3) is 16.6 Å². The molecule has 2 aromatic heterocycles. The Labute approximate surface area is 129 Å². The van der Waals surface area contributed by atoms with Crippen LogP contribution < -0.4 is 4.74 Å². The number of nitrogens with zero attached hydrogens (tertiary/aromatic N) is 4. The van der Waals surface area contributed by atoms with E-state index in [4.69, 9.17) is 9.84 Å². The molecule has 5 heteroatoms. The molecule has 0 bridgehead atoms. The number of ether oxygens (including phenoxy) is 1. The van der Waals surface area contributed by atoms with Gasteiger partial charge >= 0.3 is 0 Å². The number of benzene rings is 1. The van der Waals surface area contributed by atoms with Gasteiger partial charge in [0.25, 0.3) is 5.88 Å². The molecule has 5 nitrogen and oxygen atoms in total. The number of hydrogen-bond acceptors (Lipinski definition) is 4. The molecule has 0 aliphatic carbocycles. The highest BCUT2D eigenvalue weighted by Crippen LogP contribution is 2.28. The molecule has 0 aliphatic heterocycles. The zero-order valence-corrected chi connectivity index (χ0v) is 13.6. The van der Waals surface area contributed by atoms with Gasteiger partial charge in [0.1, 0.15) is 0 Å². The summed E-state index contributed by atoms with van der Waals surface area (Å²) in [5.74, 6) is 0.490. The minimum atomic E-state index is 0.0324. The van der Waals surface area contributed by atoms with E-state index in [1.54, 1.807) is 0 Å². The van der Waals surface area contributed by atoms with Crippen molar-refractivity contribution in [2.45, 2.75) is 40.7 Å². The maximum Gasteiger partial charge on any atom is 0.262 e. The van der Waals surface area contributed by atoms with Crippen molar-refractivity contribution >= 4 is 10.9 Å². The highest BCUT2D eigenvalue weighted by Gasteiger charge is 2.18. The van der Waals surface area contributed by atoms with Crippen molar-refractivity contribution in [1.29, 1.82) is 0 Å². The SMILES string of the molecule is Cc1ccc(-n2nc3c(OC(C)C)nnc(C)c3c2C)cc1. The Hall–Kier alpha value is -2.43. The normalized spacial score (nSPS) is 11.4.